The average molecular weight is 318 g/mol. The molecular weight excluding hydrogens is 305 g/mol. The van der Waals surface area contributed by atoms with Gasteiger partial charge in [-0.25, -0.2) is 4.39 Å². The molecule has 6 heteroatoms. The van der Waals surface area contributed by atoms with Crippen LogP contribution >= 0.6 is 15.9 Å². The van der Waals surface area contributed by atoms with Crippen LogP contribution in [0.4, 0.5) is 4.39 Å². The molecule has 1 rings (SSSR count). The van der Waals surface area contributed by atoms with Crippen molar-refractivity contribution in [2.75, 3.05) is 13.1 Å². The van der Waals surface area contributed by atoms with Crippen molar-refractivity contribution in [1.29, 1.82) is 0 Å². The van der Waals surface area contributed by atoms with E-state index in [1.165, 1.54) is 17.0 Å². The minimum Gasteiger partial charge on any atom is -0.481 e. The van der Waals surface area contributed by atoms with E-state index in [1.807, 2.05) is 0 Å². The van der Waals surface area contributed by atoms with Gasteiger partial charge in [0.25, 0.3) is 5.91 Å². The zero-order valence-corrected chi connectivity index (χ0v) is 11.4. The zero-order valence-electron chi connectivity index (χ0n) is 9.82. The van der Waals surface area contributed by atoms with E-state index in [1.54, 1.807) is 13.0 Å². The van der Waals surface area contributed by atoms with Gasteiger partial charge in [0, 0.05) is 17.6 Å². The quantitative estimate of drug-likeness (QED) is 0.907. The highest BCUT2D eigenvalue weighted by molar-refractivity contribution is 9.10. The van der Waals surface area contributed by atoms with E-state index in [2.05, 4.69) is 15.9 Å². The number of halogens is 2. The summed E-state index contributed by atoms with van der Waals surface area (Å²) in [4.78, 5) is 23.9. The Kier molecular flexibility index (Phi) is 5.27. The summed E-state index contributed by atoms with van der Waals surface area (Å²) in [5.41, 5.74) is -0.0651. The summed E-state index contributed by atoms with van der Waals surface area (Å²) in [5.74, 6) is -2.12. The lowest BCUT2D eigenvalue weighted by Crippen LogP contribution is -2.33. The molecule has 1 amide bonds. The average Bonchev–Trinajstić information content (AvgIpc) is 2.29. The van der Waals surface area contributed by atoms with E-state index < -0.39 is 17.7 Å². The van der Waals surface area contributed by atoms with Gasteiger partial charge >= 0.3 is 5.97 Å². The second kappa shape index (κ2) is 6.49. The molecule has 1 N–H and O–H groups in total. The lowest BCUT2D eigenvalue weighted by Gasteiger charge is -2.20. The van der Waals surface area contributed by atoms with Crippen LogP contribution in [0.2, 0.25) is 0 Å². The van der Waals surface area contributed by atoms with Gasteiger partial charge in [0.2, 0.25) is 0 Å². The van der Waals surface area contributed by atoms with E-state index in [0.717, 1.165) is 0 Å². The standard InChI is InChI=1S/C12H13BrFNO3/c1-2-15(7-6-10(16)17)12(18)11-8(13)4-3-5-9(11)14/h3-5H,2,6-7H2,1H3,(H,16,17). The summed E-state index contributed by atoms with van der Waals surface area (Å²) in [6.45, 7) is 2.10. The molecule has 98 valence electrons. The predicted molar refractivity (Wildman–Crippen MR) is 67.9 cm³/mol. The van der Waals surface area contributed by atoms with Crippen LogP contribution in [0.15, 0.2) is 22.7 Å². The number of hydrogen-bond acceptors (Lipinski definition) is 2. The van der Waals surface area contributed by atoms with Gasteiger partial charge in [0.15, 0.2) is 0 Å². The number of carboxylic acid groups (broad SMARTS) is 1. The molecule has 0 unspecified atom stereocenters. The van der Waals surface area contributed by atoms with Crippen molar-refractivity contribution < 1.29 is 19.1 Å². The minimum atomic E-state index is -0.992. The van der Waals surface area contributed by atoms with Gasteiger partial charge in [-0.2, -0.15) is 0 Å². The highest BCUT2D eigenvalue weighted by Crippen LogP contribution is 2.21. The van der Waals surface area contributed by atoms with Crippen LogP contribution in [0.3, 0.4) is 0 Å². The number of carbonyl (C=O) groups is 2. The van der Waals surface area contributed by atoms with E-state index in [4.69, 9.17) is 5.11 Å². The van der Waals surface area contributed by atoms with Crippen LogP contribution in [0, 0.1) is 5.82 Å². The Morgan fingerprint density at radius 3 is 2.61 bits per heavy atom. The van der Waals surface area contributed by atoms with Gasteiger partial charge in [-0.15, -0.1) is 0 Å². The van der Waals surface area contributed by atoms with Crippen molar-refractivity contribution in [2.45, 2.75) is 13.3 Å². The normalized spacial score (nSPS) is 10.2. The van der Waals surface area contributed by atoms with Gasteiger partial charge in [-0.3, -0.25) is 9.59 Å². The number of carbonyl (C=O) groups excluding carboxylic acids is 1. The molecule has 1 aromatic rings. The first kappa shape index (κ1) is 14.6. The molecule has 0 saturated carbocycles. The van der Waals surface area contributed by atoms with E-state index >= 15 is 0 Å². The maximum atomic E-state index is 13.6. The van der Waals surface area contributed by atoms with Gasteiger partial charge in [-0.1, -0.05) is 6.07 Å². The Bertz CT molecular complexity index is 444. The van der Waals surface area contributed by atoms with Crippen molar-refractivity contribution in [3.8, 4) is 0 Å². The maximum Gasteiger partial charge on any atom is 0.305 e. The molecule has 0 aliphatic rings. The Balaban J connectivity index is 2.93. The molecule has 0 radical (unpaired) electrons. The second-order valence-corrected chi connectivity index (χ2v) is 4.48. The summed E-state index contributed by atoms with van der Waals surface area (Å²) in [6, 6.07) is 4.26. The van der Waals surface area contributed by atoms with Gasteiger partial charge in [0.05, 0.1) is 12.0 Å². The first-order chi connectivity index (χ1) is 8.47. The first-order valence-corrected chi connectivity index (χ1v) is 6.21. The van der Waals surface area contributed by atoms with Crippen molar-refractivity contribution in [3.05, 3.63) is 34.1 Å². The summed E-state index contributed by atoms with van der Waals surface area (Å²) >= 11 is 3.12. The zero-order chi connectivity index (χ0) is 13.7. The van der Waals surface area contributed by atoms with Crippen LogP contribution < -0.4 is 0 Å². The summed E-state index contributed by atoms with van der Waals surface area (Å²) < 4.78 is 14.0. The smallest absolute Gasteiger partial charge is 0.305 e. The van der Waals surface area contributed by atoms with Gasteiger partial charge in [-0.05, 0) is 35.0 Å². The molecule has 0 aliphatic carbocycles. The molecule has 0 spiro atoms. The largest absolute Gasteiger partial charge is 0.481 e. The molecule has 0 heterocycles. The Hall–Kier alpha value is -1.43. The van der Waals surface area contributed by atoms with Crippen molar-refractivity contribution in [3.63, 3.8) is 0 Å². The van der Waals surface area contributed by atoms with E-state index in [-0.39, 0.29) is 18.5 Å². The third kappa shape index (κ3) is 3.53. The topological polar surface area (TPSA) is 57.6 Å². The van der Waals surface area contributed by atoms with Gasteiger partial charge < -0.3 is 10.0 Å². The Morgan fingerprint density at radius 2 is 2.11 bits per heavy atom. The molecule has 0 bridgehead atoms. The number of carboxylic acids is 1. The number of nitrogens with zero attached hydrogens (tertiary/aromatic N) is 1. The summed E-state index contributed by atoms with van der Waals surface area (Å²) in [7, 11) is 0. The van der Waals surface area contributed by atoms with Crippen molar-refractivity contribution in [2.24, 2.45) is 0 Å². The first-order valence-electron chi connectivity index (χ1n) is 5.42. The molecule has 0 atom stereocenters. The fourth-order valence-electron chi connectivity index (χ4n) is 1.49. The van der Waals surface area contributed by atoms with E-state index in [9.17, 15) is 14.0 Å². The molecule has 0 aliphatic heterocycles. The molecule has 4 nitrogen and oxygen atoms in total. The van der Waals surface area contributed by atoms with Crippen LogP contribution in [0.1, 0.15) is 23.7 Å². The fraction of sp³-hybridized carbons (Fsp3) is 0.333. The van der Waals surface area contributed by atoms with Crippen molar-refractivity contribution in [1.82, 2.24) is 4.90 Å². The SMILES string of the molecule is CCN(CCC(=O)O)C(=O)c1c(F)cccc1Br. The summed E-state index contributed by atoms with van der Waals surface area (Å²) in [5, 5.41) is 8.60. The van der Waals surface area contributed by atoms with Crippen molar-refractivity contribution >= 4 is 27.8 Å². The molecule has 0 saturated heterocycles. The third-order valence-electron chi connectivity index (χ3n) is 2.44. The fourth-order valence-corrected chi connectivity index (χ4v) is 2.01. The lowest BCUT2D eigenvalue weighted by molar-refractivity contribution is -0.137. The molecule has 18 heavy (non-hydrogen) atoms. The highest BCUT2D eigenvalue weighted by atomic mass is 79.9. The monoisotopic (exact) mass is 317 g/mol. The highest BCUT2D eigenvalue weighted by Gasteiger charge is 2.21. The summed E-state index contributed by atoms with van der Waals surface area (Å²) in [6.07, 6.45) is -0.161. The molecule has 0 aromatic heterocycles. The Morgan fingerprint density at radius 1 is 1.44 bits per heavy atom. The number of aliphatic carboxylic acids is 1. The lowest BCUT2D eigenvalue weighted by atomic mass is 10.2. The number of benzene rings is 1. The van der Waals surface area contributed by atoms with Gasteiger partial charge in [0.1, 0.15) is 5.82 Å². The molecular formula is C12H13BrFNO3. The minimum absolute atomic E-state index is 0.0610. The van der Waals surface area contributed by atoms with Crippen LogP contribution in [-0.4, -0.2) is 35.0 Å². The maximum absolute atomic E-state index is 13.6. The van der Waals surface area contributed by atoms with Crippen LogP contribution in [-0.2, 0) is 4.79 Å². The van der Waals surface area contributed by atoms with Crippen LogP contribution in [0.5, 0.6) is 0 Å². The Labute approximate surface area is 113 Å². The number of rotatable bonds is 5. The van der Waals surface area contributed by atoms with Crippen LogP contribution in [0.25, 0.3) is 0 Å². The van der Waals surface area contributed by atoms with E-state index in [0.29, 0.717) is 11.0 Å². The third-order valence-corrected chi connectivity index (χ3v) is 3.10. The number of amides is 1. The molecule has 0 fully saturated rings. The predicted octanol–water partition coefficient (Wildman–Crippen LogP) is 2.53. The number of hydrogen-bond donors (Lipinski definition) is 1. The second-order valence-electron chi connectivity index (χ2n) is 3.63. The molecule has 1 aromatic carbocycles.